The maximum atomic E-state index is 15.7. The molecule has 3 aliphatic rings. The number of aromatic amines is 1. The highest BCUT2D eigenvalue weighted by Gasteiger charge is 2.48. The van der Waals surface area contributed by atoms with E-state index in [1.54, 1.807) is 112 Å². The number of phenols is 1. The van der Waals surface area contributed by atoms with Gasteiger partial charge in [0.2, 0.25) is 88.6 Å². The van der Waals surface area contributed by atoms with E-state index in [9.17, 15) is 48.2 Å². The number of aromatic hydroxyl groups is 1. The molecular weight excluding hydrogens is 1770 g/mol. The zero-order valence-electron chi connectivity index (χ0n) is 75.5. The Morgan fingerprint density at radius 2 is 1.16 bits per heavy atom. The molecular formula is C92H118F3N17O21S. The minimum absolute atomic E-state index is 0.00620. The highest BCUT2D eigenvalue weighted by atomic mass is 32.2. The van der Waals surface area contributed by atoms with Gasteiger partial charge in [0.15, 0.2) is 17.5 Å². The van der Waals surface area contributed by atoms with E-state index in [0.29, 0.717) is 63.5 Å². The third-order valence-corrected chi connectivity index (χ3v) is 24.5. The maximum Gasteiger partial charge on any atom is 0.293 e. The highest BCUT2D eigenvalue weighted by molar-refractivity contribution is 8.00. The molecule has 3 aliphatic heterocycles. The van der Waals surface area contributed by atoms with Gasteiger partial charge in [0.25, 0.3) is 6.47 Å². The first-order valence-corrected chi connectivity index (χ1v) is 45.2. The Hall–Kier alpha value is -13.1. The molecule has 0 bridgehead atoms. The third-order valence-electron chi connectivity index (χ3n) is 23.5. The van der Waals surface area contributed by atoms with Crippen molar-refractivity contribution in [2.45, 2.75) is 182 Å². The second-order valence-corrected chi connectivity index (χ2v) is 34.5. The lowest BCUT2D eigenvalue weighted by atomic mass is 9.98. The van der Waals surface area contributed by atoms with Crippen LogP contribution < -0.4 is 59.3 Å². The molecule has 3 fully saturated rings. The first-order chi connectivity index (χ1) is 64.0. The number of primary amides is 1. The van der Waals surface area contributed by atoms with Crippen LogP contribution in [0.25, 0.3) is 10.9 Å². The molecule has 38 nitrogen and oxygen atoms in total. The zero-order valence-corrected chi connectivity index (χ0v) is 76.3. The predicted octanol–water partition coefficient (Wildman–Crippen LogP) is -0.504. The molecule has 4 heterocycles. The number of nitrogens with two attached hydrogens (primary N) is 2. The normalized spacial score (nSPS) is 24.1. The van der Waals surface area contributed by atoms with Crippen LogP contribution in [0, 0.1) is 23.4 Å². The van der Waals surface area contributed by atoms with Gasteiger partial charge in [0.1, 0.15) is 90.9 Å². The number of phenolic OH excluding ortho intramolecular Hbond substituents is 1. The number of fused-ring (bicyclic) bond motifs is 3. The molecule has 0 unspecified atom stereocenters. The second kappa shape index (κ2) is 50.7. The molecule has 0 saturated carbocycles. The number of halogens is 3. The Balaban J connectivity index is 1.14. The van der Waals surface area contributed by atoms with Crippen molar-refractivity contribution in [1.82, 2.24) is 77.3 Å². The number of carbonyl (C=O) groups is 16. The Labute approximate surface area is 776 Å². The number of likely N-dealkylation sites (N-methyl/N-ethyl adjacent to an activating group) is 3. The van der Waals surface area contributed by atoms with Gasteiger partial charge < -0.3 is 113 Å². The number of morpholine rings is 1. The molecule has 0 radical (unpaired) electrons. The molecule has 42 heteroatoms. The lowest BCUT2D eigenvalue weighted by molar-refractivity contribution is -0.152. The summed E-state index contributed by atoms with van der Waals surface area (Å²) in [4.78, 5) is 245. The predicted molar refractivity (Wildman–Crippen MR) is 482 cm³/mol. The van der Waals surface area contributed by atoms with Gasteiger partial charge in [-0.15, -0.1) is 11.8 Å². The SMILES string of the molecule is CCCC[C@H]1C(=O)N2C[C@H](O)C[C@@H]2C(=O)N[C@@H](COC=O)C(=O)N[C@@H](C(C)C)C(=O)N(C)[C@@H](Cc2ccccc2)C(=O)N[C@@H](CCCN)C(=O)N2CCOC[C@@H]2C(=O)N[C@@H](Cc2c[nH]c3ccccc23)C(=O)N[C@@H](Cc2ccc(O)cc2)C(=O)N[C@@H](CCOC)C(=O)N[C@H](C(=O)NCC(N)=O)CSCC(=O)N[C@@H](Cc2cc(F)c(F)c(F)c2)C(=O)N(C)[C@@H](Cc2ccccc2)C(=O)N1C. The van der Waals surface area contributed by atoms with E-state index in [1.165, 1.54) is 52.5 Å². The van der Waals surface area contributed by atoms with E-state index < -0.39 is 247 Å². The van der Waals surface area contributed by atoms with Crippen molar-refractivity contribution in [3.8, 4) is 5.75 Å². The van der Waals surface area contributed by atoms with Crippen molar-refractivity contribution < 1.29 is 114 Å². The van der Waals surface area contributed by atoms with E-state index >= 15 is 51.9 Å². The van der Waals surface area contributed by atoms with Crippen LogP contribution in [0.4, 0.5) is 13.2 Å². The van der Waals surface area contributed by atoms with Gasteiger partial charge >= 0.3 is 0 Å². The largest absolute Gasteiger partial charge is 0.508 e. The summed E-state index contributed by atoms with van der Waals surface area (Å²) in [6, 6.07) is 8.84. The lowest BCUT2D eigenvalue weighted by Crippen LogP contribution is -2.64. The van der Waals surface area contributed by atoms with Crippen molar-refractivity contribution in [2.75, 3.05) is 92.4 Å². The summed E-state index contributed by atoms with van der Waals surface area (Å²) in [5.74, 6) is -22.5. The second-order valence-electron chi connectivity index (χ2n) is 33.5. The molecule has 3 saturated heterocycles. The molecule has 724 valence electrons. The van der Waals surface area contributed by atoms with Gasteiger partial charge in [0, 0.05) is 109 Å². The Bertz CT molecular complexity index is 5100. The highest BCUT2D eigenvalue weighted by Crippen LogP contribution is 2.28. The maximum absolute atomic E-state index is 15.7. The molecule has 0 spiro atoms. The van der Waals surface area contributed by atoms with Crippen molar-refractivity contribution in [2.24, 2.45) is 17.4 Å². The number of methoxy groups -OCH3 is 1. The van der Waals surface area contributed by atoms with Crippen molar-refractivity contribution in [3.63, 3.8) is 0 Å². The number of aliphatic hydroxyl groups excluding tert-OH is 1. The molecule has 1 aromatic heterocycles. The third kappa shape index (κ3) is 29.0. The van der Waals surface area contributed by atoms with Gasteiger partial charge in [-0.05, 0) is 96.3 Å². The van der Waals surface area contributed by atoms with E-state index in [2.05, 4.69) is 52.8 Å². The molecule has 5 aromatic carbocycles. The number of hydrogen-bond donors (Lipinski definition) is 14. The van der Waals surface area contributed by atoms with Gasteiger partial charge in [0.05, 0.1) is 31.6 Å². The summed E-state index contributed by atoms with van der Waals surface area (Å²) >= 11 is 0.647. The Morgan fingerprint density at radius 3 is 1.79 bits per heavy atom. The number of thioether (sulfide) groups is 1. The minimum atomic E-state index is -1.90. The quantitative estimate of drug-likeness (QED) is 0.0240. The monoisotopic (exact) mass is 1890 g/mol. The smallest absolute Gasteiger partial charge is 0.293 e. The van der Waals surface area contributed by atoms with Crippen molar-refractivity contribution >= 4 is 118 Å². The number of aliphatic hydroxyl groups is 1. The summed E-state index contributed by atoms with van der Waals surface area (Å²) in [6.07, 6.45) is -2.09. The van der Waals surface area contributed by atoms with E-state index in [4.69, 9.17) is 25.7 Å². The standard InChI is InChI=1S/C92H118F3N17O21S/c1-8-9-26-71-91(129)112-46-59(115)43-73(112)86(124)105-69(47-133-51-113)84(122)107-79(52(2)3)92(130)109(5)72(40-53-19-12-10-13-20-53)85(123)102-65(25-18-32-96)89(127)111-33-35-132-48-75(111)87(125)104-67(42-57-44-98-63-24-17-16-23-60(57)63)83(121)103-66(38-55-27-29-58(114)30-28-55)82(120)101-64(31-34-131-7)81(119)106-70(80(118)99-45-76(97)116)49-134-50-77(117)100-68(39-56-36-61(93)78(95)62(94)37-56)88(126)110(6)74(90(128)108(71)4)41-54-21-14-11-15-22-54/h10-17,19-24,27-30,36-37,44,51-52,59,64-75,79,98,114-115H,8-9,18,25-26,31-35,38-43,45-50,96H2,1-7H3,(H2,97,116)(H,99,118)(H,100,117)(H,101,120)(H,102,123)(H,103,121)(H,104,125)(H,105,124)(H,106,119)(H,107,122)/t59-,64+,65+,66+,67+,68+,69+,70+,71+,72+,73-,74+,75-,79+/m1/s1. The minimum Gasteiger partial charge on any atom is -0.508 e. The van der Waals surface area contributed by atoms with Crippen molar-refractivity contribution in [3.05, 3.63) is 173 Å². The number of ether oxygens (including phenoxy) is 3. The van der Waals surface area contributed by atoms with Crippen LogP contribution in [0.5, 0.6) is 5.75 Å². The van der Waals surface area contributed by atoms with Gasteiger partial charge in [-0.1, -0.05) is 125 Å². The number of nitrogens with one attached hydrogen (secondary N) is 10. The average molecular weight is 1890 g/mol. The number of amides is 15. The van der Waals surface area contributed by atoms with Crippen LogP contribution in [0.3, 0.4) is 0 Å². The molecule has 9 rings (SSSR count). The number of rotatable bonds is 26. The number of hydrogen-bond acceptors (Lipinski definition) is 23. The molecule has 134 heavy (non-hydrogen) atoms. The first-order valence-electron chi connectivity index (χ1n) is 44.1. The molecule has 15 amide bonds. The summed E-state index contributed by atoms with van der Waals surface area (Å²) in [5, 5.41) is 45.9. The Morgan fingerprint density at radius 1 is 0.590 bits per heavy atom. The van der Waals surface area contributed by atoms with Crippen LogP contribution in [0.15, 0.2) is 128 Å². The van der Waals surface area contributed by atoms with Crippen LogP contribution in [-0.2, 0) is 123 Å². The summed E-state index contributed by atoms with van der Waals surface area (Å²) < 4.78 is 61.4. The van der Waals surface area contributed by atoms with Crippen LogP contribution in [0.1, 0.15) is 93.5 Å². The van der Waals surface area contributed by atoms with Crippen LogP contribution in [0.2, 0.25) is 0 Å². The topological polar surface area (TPSA) is 534 Å². The van der Waals surface area contributed by atoms with Crippen molar-refractivity contribution in [1.29, 1.82) is 0 Å². The number of H-pyrrole nitrogens is 1. The molecule has 16 N–H and O–H groups in total. The van der Waals surface area contributed by atoms with E-state index in [1.807, 2.05) is 0 Å². The van der Waals surface area contributed by atoms with Gasteiger partial charge in [-0.3, -0.25) is 76.7 Å². The number of carbonyl (C=O) groups excluding carboxylic acids is 16. The summed E-state index contributed by atoms with van der Waals surface area (Å²) in [6.45, 7) is 1.58. The van der Waals surface area contributed by atoms with E-state index in [-0.39, 0.29) is 102 Å². The zero-order chi connectivity index (χ0) is 97.6. The molecule has 14 atom stereocenters. The number of aromatic nitrogens is 1. The summed E-state index contributed by atoms with van der Waals surface area (Å²) in [5.41, 5.74) is 13.5. The van der Waals surface area contributed by atoms with Gasteiger partial charge in [-0.2, -0.15) is 0 Å². The number of nitrogens with zero attached hydrogens (tertiary/aromatic N) is 5. The number of para-hydroxylation sites is 1. The molecule has 6 aromatic rings. The lowest BCUT2D eigenvalue weighted by Gasteiger charge is -2.38. The first kappa shape index (κ1) is 105. The summed E-state index contributed by atoms with van der Waals surface area (Å²) in [7, 11) is 4.99. The fourth-order valence-corrected chi connectivity index (χ4v) is 16.9. The average Bonchev–Trinajstić information content (AvgIpc) is 1.58. The Kier molecular flexibility index (Phi) is 39.6. The molecule has 0 aliphatic carbocycles. The fourth-order valence-electron chi connectivity index (χ4n) is 16.0. The number of benzene rings is 5. The number of unbranched alkanes of at least 4 members (excludes halogenated alkanes) is 1. The van der Waals surface area contributed by atoms with Crippen LogP contribution >= 0.6 is 11.8 Å². The van der Waals surface area contributed by atoms with E-state index in [0.717, 1.165) is 24.5 Å². The van der Waals surface area contributed by atoms with Crippen LogP contribution in [-0.4, -0.2) is 312 Å². The fraction of sp³-hybridized carbons (Fsp3) is 0.478. The van der Waals surface area contributed by atoms with Gasteiger partial charge in [-0.25, -0.2) is 13.2 Å².